The molecule has 0 saturated heterocycles. The van der Waals surface area contributed by atoms with E-state index >= 15 is 0 Å². The zero-order chi connectivity index (χ0) is 25.7. The molecule has 1 amide bonds. The summed E-state index contributed by atoms with van der Waals surface area (Å²) in [5.74, 6) is -1.67. The average molecular weight is 489 g/mol. The molecule has 0 saturated carbocycles. The highest BCUT2D eigenvalue weighted by Gasteiger charge is 2.15. The van der Waals surface area contributed by atoms with Gasteiger partial charge in [-0.1, -0.05) is 12.1 Å². The molecule has 0 atom stereocenters. The molecule has 0 aliphatic rings. The number of unbranched alkanes of at least 4 members (excludes halogenated alkanes) is 1. The van der Waals surface area contributed by atoms with Crippen LogP contribution in [0.5, 0.6) is 0 Å². The number of hydrogen-bond donors (Lipinski definition) is 1. The standard InChI is InChI=1S/C29H26F2N2O3/c1-33(18-19-6-11-24(30)12-7-19)29(36)22-10-15-26-23(17-22)16-21(4-2-3-5-27(34)35)28(32-26)20-8-13-25(31)14-9-20/h6-17H,2-5,18H2,1H3,(H,34,35). The second-order valence-corrected chi connectivity index (χ2v) is 8.80. The fourth-order valence-corrected chi connectivity index (χ4v) is 4.15. The predicted octanol–water partition coefficient (Wildman–Crippen LogP) is 6.25. The van der Waals surface area contributed by atoms with Gasteiger partial charge in [-0.05, 0) is 91.1 Å². The van der Waals surface area contributed by atoms with Crippen LogP contribution < -0.4 is 0 Å². The lowest BCUT2D eigenvalue weighted by Crippen LogP contribution is -2.26. The quantitative estimate of drug-likeness (QED) is 0.283. The van der Waals surface area contributed by atoms with E-state index in [1.165, 1.54) is 24.3 Å². The maximum Gasteiger partial charge on any atom is 0.303 e. The van der Waals surface area contributed by atoms with Crippen molar-refractivity contribution < 1.29 is 23.5 Å². The number of aliphatic carboxylic acids is 1. The predicted molar refractivity (Wildman–Crippen MR) is 135 cm³/mol. The molecule has 7 heteroatoms. The van der Waals surface area contributed by atoms with Crippen LogP contribution in [-0.4, -0.2) is 33.9 Å². The molecule has 4 aromatic rings. The first-order valence-corrected chi connectivity index (χ1v) is 11.7. The lowest BCUT2D eigenvalue weighted by Gasteiger charge is -2.18. The van der Waals surface area contributed by atoms with E-state index in [-0.39, 0.29) is 24.0 Å². The molecular weight excluding hydrogens is 462 g/mol. The second kappa shape index (κ2) is 11.1. The Morgan fingerprint density at radius 3 is 2.22 bits per heavy atom. The van der Waals surface area contributed by atoms with Crippen molar-refractivity contribution in [2.45, 2.75) is 32.2 Å². The summed E-state index contributed by atoms with van der Waals surface area (Å²) in [7, 11) is 1.69. The Balaban J connectivity index is 1.63. The maximum absolute atomic E-state index is 13.5. The summed E-state index contributed by atoms with van der Waals surface area (Å²) in [5, 5.41) is 9.73. The van der Waals surface area contributed by atoms with E-state index in [4.69, 9.17) is 10.1 Å². The number of halogens is 2. The summed E-state index contributed by atoms with van der Waals surface area (Å²) in [4.78, 5) is 30.4. The fourth-order valence-electron chi connectivity index (χ4n) is 4.15. The number of amides is 1. The van der Waals surface area contributed by atoms with Crippen molar-refractivity contribution in [3.05, 3.63) is 101 Å². The van der Waals surface area contributed by atoms with Gasteiger partial charge in [0.15, 0.2) is 0 Å². The lowest BCUT2D eigenvalue weighted by molar-refractivity contribution is -0.137. The van der Waals surface area contributed by atoms with Gasteiger partial charge in [-0.25, -0.2) is 13.8 Å². The number of rotatable bonds is 9. The van der Waals surface area contributed by atoms with Gasteiger partial charge in [0, 0.05) is 36.5 Å². The lowest BCUT2D eigenvalue weighted by atomic mass is 9.98. The van der Waals surface area contributed by atoms with Gasteiger partial charge in [-0.3, -0.25) is 9.59 Å². The fraction of sp³-hybridized carbons (Fsp3) is 0.207. The van der Waals surface area contributed by atoms with E-state index in [1.54, 1.807) is 54.4 Å². The van der Waals surface area contributed by atoms with Crippen molar-refractivity contribution in [2.24, 2.45) is 0 Å². The minimum absolute atomic E-state index is 0.0892. The number of carboxylic acids is 1. The van der Waals surface area contributed by atoms with Gasteiger partial charge < -0.3 is 10.0 Å². The monoisotopic (exact) mass is 488 g/mol. The number of benzene rings is 3. The minimum atomic E-state index is -0.835. The van der Waals surface area contributed by atoms with E-state index in [0.717, 1.165) is 22.1 Å². The summed E-state index contributed by atoms with van der Waals surface area (Å²) in [6, 6.07) is 19.4. The van der Waals surface area contributed by atoms with Gasteiger partial charge in [-0.15, -0.1) is 0 Å². The topological polar surface area (TPSA) is 70.5 Å². The van der Waals surface area contributed by atoms with Crippen molar-refractivity contribution >= 4 is 22.8 Å². The third kappa shape index (κ3) is 6.10. The highest BCUT2D eigenvalue weighted by molar-refractivity contribution is 5.98. The van der Waals surface area contributed by atoms with Crippen LogP contribution in [-0.2, 0) is 17.8 Å². The zero-order valence-electron chi connectivity index (χ0n) is 19.9. The van der Waals surface area contributed by atoms with Crippen molar-refractivity contribution in [1.29, 1.82) is 0 Å². The first kappa shape index (κ1) is 25.0. The van der Waals surface area contributed by atoms with Gasteiger partial charge in [-0.2, -0.15) is 0 Å². The van der Waals surface area contributed by atoms with Gasteiger partial charge >= 0.3 is 5.97 Å². The molecule has 0 unspecified atom stereocenters. The molecule has 0 radical (unpaired) electrons. The number of carbonyl (C=O) groups excluding carboxylic acids is 1. The molecule has 184 valence electrons. The Bertz CT molecular complexity index is 1390. The molecule has 0 bridgehead atoms. The Labute approximate surface area is 208 Å². The van der Waals surface area contributed by atoms with Crippen LogP contribution in [0.1, 0.15) is 40.7 Å². The number of aromatic nitrogens is 1. The average Bonchev–Trinajstić information content (AvgIpc) is 2.87. The zero-order valence-corrected chi connectivity index (χ0v) is 19.9. The van der Waals surface area contributed by atoms with E-state index in [1.807, 2.05) is 6.07 Å². The largest absolute Gasteiger partial charge is 0.481 e. The molecule has 4 rings (SSSR count). The smallest absolute Gasteiger partial charge is 0.303 e. The van der Waals surface area contributed by atoms with E-state index < -0.39 is 5.97 Å². The van der Waals surface area contributed by atoms with E-state index in [9.17, 15) is 18.4 Å². The summed E-state index contributed by atoms with van der Waals surface area (Å²) in [6.07, 6.45) is 1.88. The molecule has 1 heterocycles. The van der Waals surface area contributed by atoms with Crippen molar-refractivity contribution in [1.82, 2.24) is 9.88 Å². The van der Waals surface area contributed by atoms with Crippen LogP contribution in [0.25, 0.3) is 22.2 Å². The molecule has 1 aromatic heterocycles. The Hall–Kier alpha value is -4.13. The van der Waals surface area contributed by atoms with Crippen molar-refractivity contribution in [2.75, 3.05) is 7.05 Å². The molecule has 5 nitrogen and oxygen atoms in total. The van der Waals surface area contributed by atoms with E-state index in [2.05, 4.69) is 0 Å². The number of aryl methyl sites for hydroxylation is 1. The first-order valence-electron chi connectivity index (χ1n) is 11.7. The van der Waals surface area contributed by atoms with Crippen LogP contribution >= 0.6 is 0 Å². The van der Waals surface area contributed by atoms with Crippen LogP contribution in [0.3, 0.4) is 0 Å². The van der Waals surface area contributed by atoms with Crippen molar-refractivity contribution in [3.8, 4) is 11.3 Å². The molecule has 0 aliphatic carbocycles. The summed E-state index contributed by atoms with van der Waals surface area (Å²) >= 11 is 0. The minimum Gasteiger partial charge on any atom is -0.481 e. The van der Waals surface area contributed by atoms with Crippen LogP contribution in [0.4, 0.5) is 8.78 Å². The Morgan fingerprint density at radius 1 is 0.889 bits per heavy atom. The molecular formula is C29H26F2N2O3. The second-order valence-electron chi connectivity index (χ2n) is 8.80. The number of hydrogen-bond acceptors (Lipinski definition) is 3. The first-order chi connectivity index (χ1) is 17.3. The van der Waals surface area contributed by atoms with Gasteiger partial charge in [0.2, 0.25) is 0 Å². The molecule has 0 spiro atoms. The third-order valence-corrected chi connectivity index (χ3v) is 6.02. The summed E-state index contributed by atoms with van der Waals surface area (Å²) in [6.45, 7) is 0.341. The Kier molecular flexibility index (Phi) is 7.68. The normalized spacial score (nSPS) is 11.0. The molecule has 0 aliphatic heterocycles. The highest BCUT2D eigenvalue weighted by Crippen LogP contribution is 2.28. The van der Waals surface area contributed by atoms with Crippen LogP contribution in [0, 0.1) is 11.6 Å². The third-order valence-electron chi connectivity index (χ3n) is 6.02. The number of carboxylic acid groups (broad SMARTS) is 1. The molecule has 3 aromatic carbocycles. The van der Waals surface area contributed by atoms with Gasteiger partial charge in [0.25, 0.3) is 5.91 Å². The maximum atomic E-state index is 13.5. The Morgan fingerprint density at radius 2 is 1.56 bits per heavy atom. The number of pyridine rings is 1. The summed E-state index contributed by atoms with van der Waals surface area (Å²) < 4.78 is 26.7. The molecule has 1 N–H and O–H groups in total. The van der Waals surface area contributed by atoms with Gasteiger partial charge in [0.1, 0.15) is 11.6 Å². The molecule has 0 fully saturated rings. The highest BCUT2D eigenvalue weighted by atomic mass is 19.1. The SMILES string of the molecule is CN(Cc1ccc(F)cc1)C(=O)c1ccc2nc(-c3ccc(F)cc3)c(CCCCC(=O)O)cc2c1. The van der Waals surface area contributed by atoms with E-state index in [0.29, 0.717) is 42.6 Å². The number of carbonyl (C=O) groups is 2. The van der Waals surface area contributed by atoms with Crippen molar-refractivity contribution in [3.63, 3.8) is 0 Å². The van der Waals surface area contributed by atoms with Crippen LogP contribution in [0.15, 0.2) is 72.8 Å². The summed E-state index contributed by atoms with van der Waals surface area (Å²) in [5.41, 5.74) is 4.41. The number of fused-ring (bicyclic) bond motifs is 1. The van der Waals surface area contributed by atoms with Crippen LogP contribution in [0.2, 0.25) is 0 Å². The molecule has 36 heavy (non-hydrogen) atoms. The van der Waals surface area contributed by atoms with Gasteiger partial charge in [0.05, 0.1) is 11.2 Å². The number of nitrogens with zero attached hydrogens (tertiary/aromatic N) is 2.